The molecular weight excluding hydrogens is 423 g/mol. The fourth-order valence-electron chi connectivity index (χ4n) is 3.33. The molecule has 0 amide bonds. The van der Waals surface area contributed by atoms with Crippen LogP contribution < -0.4 is 15.9 Å². The predicted molar refractivity (Wildman–Crippen MR) is 113 cm³/mol. The number of alkyl halides is 2. The van der Waals surface area contributed by atoms with Gasteiger partial charge < -0.3 is 20.1 Å². The number of fused-ring (bicyclic) bond motifs is 1. The van der Waals surface area contributed by atoms with Crippen molar-refractivity contribution < 1.29 is 28.0 Å². The summed E-state index contributed by atoms with van der Waals surface area (Å²) in [5.74, 6) is 0.164. The van der Waals surface area contributed by atoms with Gasteiger partial charge in [-0.05, 0) is 23.8 Å². The average molecular weight is 439 g/mol. The molecule has 2 aromatic heterocycles. The largest absolute Gasteiger partial charge is 0.565 e. The van der Waals surface area contributed by atoms with Gasteiger partial charge in [0.1, 0.15) is 5.75 Å². The Labute approximate surface area is 180 Å². The van der Waals surface area contributed by atoms with Crippen molar-refractivity contribution in [3.05, 3.63) is 54.5 Å². The second-order valence-electron chi connectivity index (χ2n) is 6.75. The lowest BCUT2D eigenvalue weighted by molar-refractivity contribution is -0.121. The summed E-state index contributed by atoms with van der Waals surface area (Å²) in [5.41, 5.74) is 8.24. The summed E-state index contributed by atoms with van der Waals surface area (Å²) >= 11 is 0. The molecule has 2 heterocycles. The Bertz CT molecular complexity index is 1300. The maximum atomic E-state index is 13.1. The number of nitrogens with zero attached hydrogens (tertiary/aromatic N) is 4. The lowest BCUT2D eigenvalue weighted by atomic mass is 9.77. The second-order valence-corrected chi connectivity index (χ2v) is 6.75. The highest BCUT2D eigenvalue weighted by Crippen LogP contribution is 2.32. The normalized spacial score (nSPS) is 11.0. The van der Waals surface area contributed by atoms with Gasteiger partial charge in [-0.3, -0.25) is 4.79 Å². The van der Waals surface area contributed by atoms with E-state index in [1.54, 1.807) is 18.2 Å². The third-order valence-electron chi connectivity index (χ3n) is 4.88. The Morgan fingerprint density at radius 3 is 2.75 bits per heavy atom. The first-order valence-corrected chi connectivity index (χ1v) is 9.26. The van der Waals surface area contributed by atoms with E-state index in [1.807, 2.05) is 0 Å². The maximum absolute atomic E-state index is 13.1. The first kappa shape index (κ1) is 21.2. The third kappa shape index (κ3) is 3.83. The van der Waals surface area contributed by atoms with E-state index in [0.29, 0.717) is 33.4 Å². The number of carbonyl (C=O) groups excluding carboxylic acids is 1. The minimum Gasteiger partial charge on any atom is -0.508 e. The summed E-state index contributed by atoms with van der Waals surface area (Å²) in [7, 11) is -0.252. The van der Waals surface area contributed by atoms with Gasteiger partial charge in [0.2, 0.25) is 0 Å². The lowest BCUT2D eigenvalue weighted by Crippen LogP contribution is -2.34. The van der Waals surface area contributed by atoms with Crippen molar-refractivity contribution in [1.82, 2.24) is 20.0 Å². The second kappa shape index (κ2) is 8.59. The van der Waals surface area contributed by atoms with Gasteiger partial charge in [-0.1, -0.05) is 6.07 Å². The molecule has 0 saturated heterocycles. The summed E-state index contributed by atoms with van der Waals surface area (Å²) in [6.45, 7) is 0.106. The average Bonchev–Trinajstić information content (AvgIpc) is 3.29. The number of carbonyl (C=O) groups is 1. The number of hydrogen-bond acceptors (Lipinski definition) is 8. The van der Waals surface area contributed by atoms with Crippen molar-refractivity contribution in [2.45, 2.75) is 6.43 Å². The Balaban J connectivity index is 1.97. The van der Waals surface area contributed by atoms with Crippen molar-refractivity contribution >= 4 is 35.6 Å². The van der Waals surface area contributed by atoms with Crippen LogP contribution in [0.4, 0.5) is 14.5 Å². The number of ether oxygens (including phenoxy) is 1. The van der Waals surface area contributed by atoms with E-state index in [-0.39, 0.29) is 23.2 Å². The number of aromatic nitrogens is 4. The molecule has 0 saturated carbocycles. The molecule has 9 nitrogen and oxygen atoms in total. The van der Waals surface area contributed by atoms with Crippen molar-refractivity contribution in [2.24, 2.45) is 0 Å². The fourth-order valence-corrected chi connectivity index (χ4v) is 3.33. The lowest BCUT2D eigenvalue weighted by Gasteiger charge is -2.17. The molecule has 162 valence electrons. The third-order valence-corrected chi connectivity index (χ3v) is 4.88. The molecule has 0 atom stereocenters. The zero-order valence-electron chi connectivity index (χ0n) is 16.6. The number of anilines is 1. The van der Waals surface area contributed by atoms with E-state index in [4.69, 9.17) is 10.5 Å². The highest BCUT2D eigenvalue weighted by Gasteiger charge is 2.26. The van der Waals surface area contributed by atoms with E-state index < -0.39 is 13.5 Å². The number of nitrogens with two attached hydrogens (primary N) is 1. The summed E-state index contributed by atoms with van der Waals surface area (Å²) in [4.78, 5) is 10.7. The summed E-state index contributed by atoms with van der Waals surface area (Å²) in [6, 6.07) is 8.22. The molecule has 0 spiro atoms. The Morgan fingerprint density at radius 2 is 2.06 bits per heavy atom. The number of benzene rings is 2. The number of hydrogen-bond donors (Lipinski definition) is 2. The van der Waals surface area contributed by atoms with Crippen LogP contribution in [0.1, 0.15) is 12.0 Å². The van der Waals surface area contributed by atoms with Crippen LogP contribution in [0.25, 0.3) is 27.7 Å². The van der Waals surface area contributed by atoms with Crippen molar-refractivity contribution in [3.8, 4) is 22.6 Å². The zero-order chi connectivity index (χ0) is 22.8. The highest BCUT2D eigenvalue weighted by molar-refractivity contribution is 6.62. The van der Waals surface area contributed by atoms with Crippen molar-refractivity contribution in [1.29, 1.82) is 0 Å². The van der Waals surface area contributed by atoms with Gasteiger partial charge in [0.15, 0.2) is 0 Å². The molecule has 0 aliphatic carbocycles. The monoisotopic (exact) mass is 439 g/mol. The van der Waals surface area contributed by atoms with Crippen LogP contribution in [0.3, 0.4) is 0 Å². The Kier molecular flexibility index (Phi) is 5.69. The van der Waals surface area contributed by atoms with Crippen LogP contribution >= 0.6 is 0 Å². The number of nitrogen functional groups attached to an aromatic ring is 1. The molecule has 0 unspecified atom stereocenters. The SMILES string of the molecule is COc1cc(-n2cc(C(F)F)cn2)c(-c2ccc3c(N)cnnc3c2)cc1B(O)OC=O. The van der Waals surface area contributed by atoms with Crippen LogP contribution in [-0.4, -0.2) is 45.7 Å². The summed E-state index contributed by atoms with van der Waals surface area (Å²) in [6.07, 6.45) is 0.989. The van der Waals surface area contributed by atoms with E-state index in [9.17, 15) is 18.6 Å². The van der Waals surface area contributed by atoms with Gasteiger partial charge in [0.25, 0.3) is 12.9 Å². The molecule has 3 N–H and O–H groups in total. The van der Waals surface area contributed by atoms with Crippen molar-refractivity contribution in [2.75, 3.05) is 12.8 Å². The molecule has 4 rings (SSSR count). The minimum absolute atomic E-state index is 0.106. The molecule has 0 aliphatic heterocycles. The van der Waals surface area contributed by atoms with E-state index >= 15 is 0 Å². The molecule has 2 aromatic carbocycles. The topological polar surface area (TPSA) is 125 Å². The first-order valence-electron chi connectivity index (χ1n) is 9.26. The molecular formula is C20H16BF2N5O4. The molecule has 0 bridgehead atoms. The number of halogens is 2. The predicted octanol–water partition coefficient (Wildman–Crippen LogP) is 1.87. The van der Waals surface area contributed by atoms with Gasteiger partial charge in [0, 0.05) is 28.7 Å². The summed E-state index contributed by atoms with van der Waals surface area (Å²) < 4.78 is 37.5. The van der Waals surface area contributed by atoms with E-state index in [0.717, 1.165) is 6.20 Å². The molecule has 4 aromatic rings. The first-order chi connectivity index (χ1) is 15.4. The van der Waals surface area contributed by atoms with Crippen LogP contribution in [-0.2, 0) is 9.45 Å². The number of methoxy groups -OCH3 is 1. The van der Waals surface area contributed by atoms with E-state index in [1.165, 1.54) is 36.3 Å². The van der Waals surface area contributed by atoms with Gasteiger partial charge in [-0.15, -0.1) is 0 Å². The van der Waals surface area contributed by atoms with Crippen LogP contribution in [0.5, 0.6) is 5.75 Å². The molecule has 12 heteroatoms. The molecule has 0 radical (unpaired) electrons. The van der Waals surface area contributed by atoms with Gasteiger partial charge in [-0.2, -0.15) is 15.3 Å². The van der Waals surface area contributed by atoms with Gasteiger partial charge in [0.05, 0.1) is 42.0 Å². The highest BCUT2D eigenvalue weighted by atomic mass is 19.3. The van der Waals surface area contributed by atoms with E-state index in [2.05, 4.69) is 20.0 Å². The van der Waals surface area contributed by atoms with Crippen LogP contribution in [0.2, 0.25) is 0 Å². The fraction of sp³-hybridized carbons (Fsp3) is 0.100. The minimum atomic E-state index is -2.70. The maximum Gasteiger partial charge on any atom is 0.565 e. The number of rotatable bonds is 7. The summed E-state index contributed by atoms with van der Waals surface area (Å²) in [5, 5.41) is 22.9. The van der Waals surface area contributed by atoms with Crippen LogP contribution in [0, 0.1) is 0 Å². The molecule has 0 aliphatic rings. The van der Waals surface area contributed by atoms with Crippen LogP contribution in [0.15, 0.2) is 48.9 Å². The zero-order valence-corrected chi connectivity index (χ0v) is 16.6. The molecule has 32 heavy (non-hydrogen) atoms. The Morgan fingerprint density at radius 1 is 1.25 bits per heavy atom. The standard InChI is InChI=1S/C20H16BF2N5O4/c1-31-19-6-18(28-9-12(7-26-28)20(22)23)14(5-15(19)21(30)32-10-29)11-2-3-13-16(24)8-25-27-17(13)4-11/h2-10,20,30H,1H3,(H2,24,27). The van der Waals surface area contributed by atoms with Gasteiger partial charge in [-0.25, -0.2) is 13.5 Å². The van der Waals surface area contributed by atoms with Crippen molar-refractivity contribution in [3.63, 3.8) is 0 Å². The smallest absolute Gasteiger partial charge is 0.508 e. The quantitative estimate of drug-likeness (QED) is 0.330. The Hall–Kier alpha value is -4.06. The molecule has 0 fully saturated rings. The van der Waals surface area contributed by atoms with Gasteiger partial charge >= 0.3 is 7.12 Å².